The number of alkyl halides is 1. The van der Waals surface area contributed by atoms with Crippen LogP contribution in [-0.4, -0.2) is 84.8 Å². The van der Waals surface area contributed by atoms with E-state index in [0.29, 0.717) is 5.76 Å². The third kappa shape index (κ3) is 6.66. The molecular formula is C27H38BrNO9. The minimum absolute atomic E-state index is 0.0601. The summed E-state index contributed by atoms with van der Waals surface area (Å²) < 4.78 is 26.8. The van der Waals surface area contributed by atoms with Crippen LogP contribution in [0.3, 0.4) is 0 Å². The van der Waals surface area contributed by atoms with Crippen molar-refractivity contribution in [2.45, 2.75) is 58.1 Å². The monoisotopic (exact) mass is 599 g/mol. The number of fused-ring (bicyclic) bond motifs is 5. The summed E-state index contributed by atoms with van der Waals surface area (Å²) in [5.41, 5.74) is -1.63. The first-order valence-electron chi connectivity index (χ1n) is 12.7. The minimum Gasteiger partial charge on any atom is -0.497 e. The molecule has 0 spiro atoms. The van der Waals surface area contributed by atoms with Gasteiger partial charge in [-0.1, -0.05) is 55.4 Å². The number of esters is 2. The van der Waals surface area contributed by atoms with E-state index in [-0.39, 0.29) is 69.0 Å². The van der Waals surface area contributed by atoms with Gasteiger partial charge in [-0.3, -0.25) is 24.1 Å². The predicted octanol–water partition coefficient (Wildman–Crippen LogP) is 2.78. The molecular weight excluding hydrogens is 562 g/mol. The molecule has 0 aromatic rings. The van der Waals surface area contributed by atoms with Gasteiger partial charge >= 0.3 is 11.9 Å². The van der Waals surface area contributed by atoms with Crippen LogP contribution in [0.5, 0.6) is 0 Å². The van der Waals surface area contributed by atoms with E-state index in [1.54, 1.807) is 20.8 Å². The largest absolute Gasteiger partial charge is 0.497 e. The highest BCUT2D eigenvalue weighted by atomic mass is 79.9. The highest BCUT2D eigenvalue weighted by Gasteiger charge is 2.60. The molecule has 3 rings (SSSR count). The van der Waals surface area contributed by atoms with Crippen molar-refractivity contribution < 1.29 is 42.9 Å². The lowest BCUT2D eigenvalue weighted by molar-refractivity contribution is -0.168. The number of ether oxygens (including phenoxy) is 5. The van der Waals surface area contributed by atoms with Gasteiger partial charge in [-0.15, -0.1) is 0 Å². The van der Waals surface area contributed by atoms with Crippen LogP contribution < -0.4 is 0 Å². The zero-order valence-corrected chi connectivity index (χ0v) is 24.5. The molecule has 212 valence electrons. The Hall–Kier alpha value is -2.24. The molecule has 11 heteroatoms. The van der Waals surface area contributed by atoms with Crippen LogP contribution in [0.1, 0.15) is 41.5 Å². The second-order valence-electron chi connectivity index (χ2n) is 11.6. The summed E-state index contributed by atoms with van der Waals surface area (Å²) in [6.07, 6.45) is 3.02. The molecule has 3 aliphatic rings. The summed E-state index contributed by atoms with van der Waals surface area (Å²) in [5.74, 6) is -2.03. The number of amides is 2. The zero-order valence-electron chi connectivity index (χ0n) is 22.9. The van der Waals surface area contributed by atoms with Gasteiger partial charge in [0.1, 0.15) is 29.6 Å². The van der Waals surface area contributed by atoms with Crippen LogP contribution in [-0.2, 0) is 42.9 Å². The van der Waals surface area contributed by atoms with E-state index in [2.05, 4.69) is 22.5 Å². The SMILES string of the molecule is C=C(OCC(C)(COC(=O)C(C)(C)Br)C(=O)OCCOCCN1C(=O)[C@@H]2C3C=CC(O3)[C@@H]2C1=O)C(C)(C)C. The molecule has 3 aliphatic heterocycles. The zero-order chi connectivity index (χ0) is 28.5. The van der Waals surface area contributed by atoms with Crippen LogP contribution in [0, 0.1) is 22.7 Å². The van der Waals surface area contributed by atoms with Crippen LogP contribution in [0.25, 0.3) is 0 Å². The number of carbonyl (C=O) groups is 4. The summed E-state index contributed by atoms with van der Waals surface area (Å²) in [6.45, 7) is 14.5. The number of halogens is 1. The minimum atomic E-state index is -1.29. The molecule has 0 radical (unpaired) electrons. The molecule has 0 N–H and O–H groups in total. The van der Waals surface area contributed by atoms with Crippen molar-refractivity contribution in [1.82, 2.24) is 4.90 Å². The molecule has 0 aromatic carbocycles. The third-order valence-corrected chi connectivity index (χ3v) is 7.15. The van der Waals surface area contributed by atoms with Crippen molar-refractivity contribution in [3.8, 4) is 0 Å². The number of rotatable bonds is 13. The van der Waals surface area contributed by atoms with Crippen molar-refractivity contribution in [2.75, 3.05) is 39.6 Å². The lowest BCUT2D eigenvalue weighted by Gasteiger charge is -2.30. The van der Waals surface area contributed by atoms with Gasteiger partial charge in [0.05, 0.1) is 49.6 Å². The highest BCUT2D eigenvalue weighted by molar-refractivity contribution is 9.10. The summed E-state index contributed by atoms with van der Waals surface area (Å²) in [6, 6.07) is 0. The normalized spacial score (nSPS) is 25.8. The molecule has 10 nitrogen and oxygen atoms in total. The van der Waals surface area contributed by atoms with E-state index in [9.17, 15) is 19.2 Å². The Balaban J connectivity index is 1.45. The van der Waals surface area contributed by atoms with Crippen molar-refractivity contribution in [1.29, 1.82) is 0 Å². The molecule has 2 saturated heterocycles. The Bertz CT molecular complexity index is 933. The maximum absolute atomic E-state index is 13.0. The predicted molar refractivity (Wildman–Crippen MR) is 140 cm³/mol. The number of nitrogens with zero attached hydrogens (tertiary/aromatic N) is 1. The van der Waals surface area contributed by atoms with Crippen LogP contribution in [0.2, 0.25) is 0 Å². The molecule has 0 aliphatic carbocycles. The van der Waals surface area contributed by atoms with Gasteiger partial charge in [-0.05, 0) is 20.8 Å². The molecule has 38 heavy (non-hydrogen) atoms. The van der Waals surface area contributed by atoms with E-state index in [1.165, 1.54) is 4.90 Å². The summed E-state index contributed by atoms with van der Waals surface area (Å²) in [7, 11) is 0. The fourth-order valence-electron chi connectivity index (χ4n) is 4.23. The van der Waals surface area contributed by atoms with Gasteiger partial charge in [0.15, 0.2) is 0 Å². The number of carbonyl (C=O) groups excluding carboxylic acids is 4. The Morgan fingerprint density at radius 1 is 0.895 bits per heavy atom. The van der Waals surface area contributed by atoms with E-state index in [4.69, 9.17) is 23.7 Å². The quantitative estimate of drug-likeness (QED) is 0.0786. The number of allylic oxidation sites excluding steroid dienone is 1. The second kappa shape index (κ2) is 11.5. The van der Waals surface area contributed by atoms with Gasteiger partial charge < -0.3 is 23.7 Å². The van der Waals surface area contributed by atoms with Gasteiger partial charge in [-0.2, -0.15) is 0 Å². The molecule has 5 atom stereocenters. The lowest BCUT2D eigenvalue weighted by Crippen LogP contribution is -2.42. The van der Waals surface area contributed by atoms with Crippen LogP contribution in [0.4, 0.5) is 0 Å². The first-order valence-corrected chi connectivity index (χ1v) is 13.5. The molecule has 2 amide bonds. The fourth-order valence-corrected chi connectivity index (χ4v) is 4.34. The smallest absolute Gasteiger partial charge is 0.322 e. The molecule has 2 bridgehead atoms. The molecule has 3 heterocycles. The standard InChI is InChI=1S/C27H38BrNO9/c1-16(25(2,3)4)36-14-27(7,15-37-23(32)26(5,6)28)24(33)35-13-12-34-11-10-29-21(30)19-17-8-9-18(38-17)20(19)22(29)31/h8-9,17-20H,1,10-15H2,2-7H3/t17?,18?,19-,20+,27?. The third-order valence-electron chi connectivity index (χ3n) is 6.82. The Morgan fingerprint density at radius 2 is 1.45 bits per heavy atom. The molecule has 0 aromatic heterocycles. The maximum atomic E-state index is 13.0. The van der Waals surface area contributed by atoms with Crippen LogP contribution in [0.15, 0.2) is 24.5 Å². The molecule has 2 fully saturated rings. The fraction of sp³-hybridized carbons (Fsp3) is 0.704. The Morgan fingerprint density at radius 3 is 1.97 bits per heavy atom. The first kappa shape index (κ1) is 30.3. The van der Waals surface area contributed by atoms with Gasteiger partial charge in [0, 0.05) is 5.41 Å². The van der Waals surface area contributed by atoms with E-state index >= 15 is 0 Å². The number of hydrogen-bond donors (Lipinski definition) is 0. The van der Waals surface area contributed by atoms with E-state index in [0.717, 1.165) is 0 Å². The molecule has 0 saturated carbocycles. The Kier molecular flexibility index (Phi) is 9.15. The second-order valence-corrected chi connectivity index (χ2v) is 13.6. The summed E-state index contributed by atoms with van der Waals surface area (Å²) >= 11 is 3.25. The van der Waals surface area contributed by atoms with Crippen molar-refractivity contribution in [3.63, 3.8) is 0 Å². The lowest BCUT2D eigenvalue weighted by atomic mass is 9.85. The highest BCUT2D eigenvalue weighted by Crippen LogP contribution is 2.44. The van der Waals surface area contributed by atoms with Crippen molar-refractivity contribution in [3.05, 3.63) is 24.5 Å². The van der Waals surface area contributed by atoms with Gasteiger partial charge in [0.25, 0.3) is 0 Å². The number of likely N-dealkylation sites (tertiary alicyclic amines) is 1. The van der Waals surface area contributed by atoms with Gasteiger partial charge in [0.2, 0.25) is 11.8 Å². The van der Waals surface area contributed by atoms with Gasteiger partial charge in [-0.25, -0.2) is 0 Å². The summed E-state index contributed by atoms with van der Waals surface area (Å²) in [4.78, 5) is 51.8. The summed E-state index contributed by atoms with van der Waals surface area (Å²) in [5, 5.41) is 0. The first-order chi connectivity index (χ1) is 17.6. The topological polar surface area (TPSA) is 118 Å². The molecule has 3 unspecified atom stereocenters. The van der Waals surface area contributed by atoms with Crippen molar-refractivity contribution in [2.24, 2.45) is 22.7 Å². The number of hydrogen-bond acceptors (Lipinski definition) is 9. The average molecular weight is 601 g/mol. The number of imide groups is 1. The van der Waals surface area contributed by atoms with Crippen LogP contribution >= 0.6 is 15.9 Å². The van der Waals surface area contributed by atoms with E-state index < -0.39 is 33.5 Å². The average Bonchev–Trinajstić information content (AvgIpc) is 3.51. The van der Waals surface area contributed by atoms with Crippen molar-refractivity contribution >= 4 is 39.7 Å². The van der Waals surface area contributed by atoms with E-state index in [1.807, 2.05) is 32.9 Å². The Labute approximate surface area is 232 Å². The maximum Gasteiger partial charge on any atom is 0.322 e.